The maximum absolute atomic E-state index is 13.2. The molecule has 1 aromatic rings. The second-order valence-electron chi connectivity index (χ2n) is 4.51. The van der Waals surface area contributed by atoms with E-state index in [1.807, 2.05) is 0 Å². The molecule has 1 heterocycles. The maximum atomic E-state index is 13.2. The zero-order chi connectivity index (χ0) is 13.3. The molecule has 1 N–H and O–H groups in total. The number of carbonyl (C=O) groups is 2. The molecular weight excluding hydrogens is 237 g/mol. The van der Waals surface area contributed by atoms with Crippen molar-refractivity contribution in [2.24, 2.45) is 5.92 Å². The third kappa shape index (κ3) is 2.34. The Kier molecular flexibility index (Phi) is 3.32. The van der Waals surface area contributed by atoms with Crippen molar-refractivity contribution < 1.29 is 19.1 Å². The van der Waals surface area contributed by atoms with Crippen LogP contribution < -0.4 is 4.90 Å². The van der Waals surface area contributed by atoms with Crippen molar-refractivity contribution in [3.8, 4) is 0 Å². The number of anilines is 1. The van der Waals surface area contributed by atoms with E-state index < -0.39 is 11.9 Å². The van der Waals surface area contributed by atoms with E-state index in [9.17, 15) is 14.0 Å². The van der Waals surface area contributed by atoms with Crippen LogP contribution in [0.1, 0.15) is 18.4 Å². The van der Waals surface area contributed by atoms with Crippen LogP contribution in [-0.2, 0) is 9.59 Å². The van der Waals surface area contributed by atoms with Crippen LogP contribution in [0.4, 0.5) is 10.1 Å². The summed E-state index contributed by atoms with van der Waals surface area (Å²) < 4.78 is 13.2. The van der Waals surface area contributed by atoms with Crippen molar-refractivity contribution in [1.82, 2.24) is 0 Å². The van der Waals surface area contributed by atoms with Crippen LogP contribution >= 0.6 is 0 Å². The molecule has 1 saturated heterocycles. The second-order valence-corrected chi connectivity index (χ2v) is 4.51. The summed E-state index contributed by atoms with van der Waals surface area (Å²) in [6.45, 7) is 1.77. The molecule has 0 spiro atoms. The number of hydrogen-bond acceptors (Lipinski definition) is 2. The predicted octanol–water partition coefficient (Wildman–Crippen LogP) is 1.96. The lowest BCUT2D eigenvalue weighted by molar-refractivity contribution is -0.142. The summed E-state index contributed by atoms with van der Waals surface area (Å²) in [7, 11) is 0. The highest BCUT2D eigenvalue weighted by atomic mass is 19.1. The average molecular weight is 251 g/mol. The number of carbonyl (C=O) groups excluding carboxylic acids is 1. The maximum Gasteiger partial charge on any atom is 0.308 e. The number of carboxylic acid groups (broad SMARTS) is 1. The molecule has 1 aliphatic rings. The fourth-order valence-electron chi connectivity index (χ4n) is 2.09. The summed E-state index contributed by atoms with van der Waals surface area (Å²) in [6.07, 6.45) is 0.582. The van der Waals surface area contributed by atoms with Crippen molar-refractivity contribution in [3.63, 3.8) is 0 Å². The Hall–Kier alpha value is -1.91. The first-order chi connectivity index (χ1) is 8.49. The molecular formula is C13H14FNO3. The number of carboxylic acids is 1. The van der Waals surface area contributed by atoms with Gasteiger partial charge in [0.2, 0.25) is 5.91 Å². The first kappa shape index (κ1) is 12.5. The topological polar surface area (TPSA) is 57.6 Å². The lowest BCUT2D eigenvalue weighted by atomic mass is 9.97. The number of aliphatic carboxylic acids is 1. The molecule has 0 aromatic heterocycles. The van der Waals surface area contributed by atoms with Gasteiger partial charge in [0.25, 0.3) is 0 Å². The third-order valence-electron chi connectivity index (χ3n) is 3.21. The number of hydrogen-bond donors (Lipinski definition) is 1. The predicted molar refractivity (Wildman–Crippen MR) is 63.8 cm³/mol. The van der Waals surface area contributed by atoms with E-state index in [4.69, 9.17) is 5.11 Å². The second kappa shape index (κ2) is 4.76. The fraction of sp³-hybridized carbons (Fsp3) is 0.385. The molecule has 1 fully saturated rings. The highest BCUT2D eigenvalue weighted by molar-refractivity contribution is 5.95. The minimum Gasteiger partial charge on any atom is -0.481 e. The highest BCUT2D eigenvalue weighted by Crippen LogP contribution is 2.25. The molecule has 0 aliphatic carbocycles. The molecule has 1 amide bonds. The number of nitrogens with zero attached hydrogens (tertiary/aromatic N) is 1. The van der Waals surface area contributed by atoms with Gasteiger partial charge in [-0.05, 0) is 37.1 Å². The van der Waals surface area contributed by atoms with Gasteiger partial charge in [-0.25, -0.2) is 4.39 Å². The summed E-state index contributed by atoms with van der Waals surface area (Å²) in [5, 5.41) is 8.99. The molecule has 0 bridgehead atoms. The van der Waals surface area contributed by atoms with Gasteiger partial charge in [-0.3, -0.25) is 9.59 Å². The Morgan fingerprint density at radius 1 is 1.50 bits per heavy atom. The number of halogens is 1. The van der Waals surface area contributed by atoms with Crippen LogP contribution in [-0.4, -0.2) is 23.5 Å². The van der Waals surface area contributed by atoms with Gasteiger partial charge >= 0.3 is 5.97 Å². The van der Waals surface area contributed by atoms with Gasteiger partial charge in [-0.15, -0.1) is 0 Å². The van der Waals surface area contributed by atoms with Gasteiger partial charge in [-0.2, -0.15) is 0 Å². The van der Waals surface area contributed by atoms with Crippen LogP contribution in [0.3, 0.4) is 0 Å². The molecule has 1 aliphatic heterocycles. The monoisotopic (exact) mass is 251 g/mol. The standard InChI is InChI=1S/C13H14FNO3/c1-8-6-10(3-4-11(8)14)15-7-9(13(17)18)2-5-12(15)16/h3-4,6,9H,2,5,7H2,1H3,(H,17,18). The van der Waals surface area contributed by atoms with Gasteiger partial charge in [0.05, 0.1) is 5.92 Å². The van der Waals surface area contributed by atoms with E-state index in [-0.39, 0.29) is 24.7 Å². The molecule has 5 heteroatoms. The van der Waals surface area contributed by atoms with Crippen LogP contribution in [0.2, 0.25) is 0 Å². The van der Waals surface area contributed by atoms with E-state index in [1.54, 1.807) is 13.0 Å². The van der Waals surface area contributed by atoms with Gasteiger partial charge in [0.15, 0.2) is 0 Å². The molecule has 4 nitrogen and oxygen atoms in total. The SMILES string of the molecule is Cc1cc(N2CC(C(=O)O)CCC2=O)ccc1F. The Bertz CT molecular complexity index is 501. The normalized spacial score (nSPS) is 20.0. The van der Waals surface area contributed by atoms with Crippen LogP contribution in [0.25, 0.3) is 0 Å². The van der Waals surface area contributed by atoms with E-state index >= 15 is 0 Å². The lowest BCUT2D eigenvalue weighted by Crippen LogP contribution is -2.42. The van der Waals surface area contributed by atoms with E-state index in [0.29, 0.717) is 17.7 Å². The van der Waals surface area contributed by atoms with Crippen molar-refractivity contribution in [2.45, 2.75) is 19.8 Å². The van der Waals surface area contributed by atoms with Gasteiger partial charge in [0.1, 0.15) is 5.82 Å². The summed E-state index contributed by atoms with van der Waals surface area (Å²) in [4.78, 5) is 24.2. The highest BCUT2D eigenvalue weighted by Gasteiger charge is 2.30. The van der Waals surface area contributed by atoms with E-state index in [2.05, 4.69) is 0 Å². The summed E-state index contributed by atoms with van der Waals surface area (Å²) in [5.41, 5.74) is 1.00. The van der Waals surface area contributed by atoms with Gasteiger partial charge in [0, 0.05) is 18.7 Å². The minimum atomic E-state index is -0.897. The minimum absolute atomic E-state index is 0.112. The van der Waals surface area contributed by atoms with Crippen molar-refractivity contribution >= 4 is 17.6 Å². The summed E-state index contributed by atoms with van der Waals surface area (Å²) in [6, 6.07) is 4.37. The molecule has 0 radical (unpaired) electrons. The van der Waals surface area contributed by atoms with Crippen molar-refractivity contribution in [2.75, 3.05) is 11.4 Å². The fourth-order valence-corrected chi connectivity index (χ4v) is 2.09. The zero-order valence-electron chi connectivity index (χ0n) is 10.0. The Morgan fingerprint density at radius 3 is 2.83 bits per heavy atom. The van der Waals surface area contributed by atoms with Crippen LogP contribution in [0.15, 0.2) is 18.2 Å². The lowest BCUT2D eigenvalue weighted by Gasteiger charge is -2.30. The number of piperidine rings is 1. The first-order valence-electron chi connectivity index (χ1n) is 5.78. The number of aryl methyl sites for hydroxylation is 1. The third-order valence-corrected chi connectivity index (χ3v) is 3.21. The molecule has 1 aromatic carbocycles. The molecule has 1 unspecified atom stereocenters. The van der Waals surface area contributed by atoms with Crippen molar-refractivity contribution in [1.29, 1.82) is 0 Å². The van der Waals surface area contributed by atoms with Gasteiger partial charge < -0.3 is 10.0 Å². The molecule has 18 heavy (non-hydrogen) atoms. The number of benzene rings is 1. The molecule has 2 rings (SSSR count). The quantitative estimate of drug-likeness (QED) is 0.874. The van der Waals surface area contributed by atoms with E-state index in [1.165, 1.54) is 17.0 Å². The molecule has 1 atom stereocenters. The Morgan fingerprint density at radius 2 is 2.22 bits per heavy atom. The van der Waals surface area contributed by atoms with Crippen molar-refractivity contribution in [3.05, 3.63) is 29.6 Å². The molecule has 0 saturated carbocycles. The Balaban J connectivity index is 2.26. The first-order valence-corrected chi connectivity index (χ1v) is 5.78. The number of rotatable bonds is 2. The van der Waals surface area contributed by atoms with E-state index in [0.717, 1.165) is 0 Å². The molecule has 96 valence electrons. The summed E-state index contributed by atoms with van der Waals surface area (Å²) >= 11 is 0. The number of amides is 1. The van der Waals surface area contributed by atoms with Crippen LogP contribution in [0, 0.1) is 18.7 Å². The largest absolute Gasteiger partial charge is 0.481 e. The smallest absolute Gasteiger partial charge is 0.308 e. The van der Waals surface area contributed by atoms with Gasteiger partial charge in [-0.1, -0.05) is 0 Å². The zero-order valence-corrected chi connectivity index (χ0v) is 10.0. The summed E-state index contributed by atoms with van der Waals surface area (Å²) in [5.74, 6) is -1.89. The van der Waals surface area contributed by atoms with Crippen LogP contribution in [0.5, 0.6) is 0 Å². The Labute approximate surface area is 104 Å². The average Bonchev–Trinajstić information content (AvgIpc) is 2.33.